The molecule has 10 atom stereocenters. The Hall–Kier alpha value is -3.46. The van der Waals surface area contributed by atoms with Crippen LogP contribution in [-0.2, 0) is 19.1 Å². The van der Waals surface area contributed by atoms with Crippen LogP contribution in [0.1, 0.15) is 47.2 Å². The normalized spacial score (nSPS) is 29.8. The van der Waals surface area contributed by atoms with Gasteiger partial charge in [-0.05, 0) is 61.4 Å². The molecule has 0 aromatic carbocycles. The molecule has 8 heterocycles. The average Bonchev–Trinajstić information content (AvgIpc) is 3.87. The molecule has 0 radical (unpaired) electrons. The van der Waals surface area contributed by atoms with E-state index in [0.29, 0.717) is 24.2 Å². The van der Waals surface area contributed by atoms with Gasteiger partial charge in [-0.1, -0.05) is 46.4 Å². The number of halogens is 4. The third-order valence-electron chi connectivity index (χ3n) is 10.00. The van der Waals surface area contributed by atoms with E-state index in [-0.39, 0.29) is 56.2 Å². The number of aliphatic hydroxyl groups is 2. The van der Waals surface area contributed by atoms with Gasteiger partial charge in [0.25, 0.3) is 0 Å². The molecular weight excluding hydrogens is 754 g/mol. The first-order valence-corrected chi connectivity index (χ1v) is 18.1. The van der Waals surface area contributed by atoms with E-state index in [9.17, 15) is 19.8 Å². The van der Waals surface area contributed by atoms with Gasteiger partial charge in [-0.15, -0.1) is 0 Å². The molecule has 0 saturated carbocycles. The number of aryl methyl sites for hydroxylation is 2. The second-order valence-corrected chi connectivity index (χ2v) is 15.0. The van der Waals surface area contributed by atoms with Gasteiger partial charge in [0.2, 0.25) is 11.8 Å². The number of ether oxygens (including phenoxy) is 2. The fraction of sp³-hybridized carbons (Fsp3) is 0.389. The summed E-state index contributed by atoms with van der Waals surface area (Å²) in [5.41, 5.74) is 4.53. The molecule has 52 heavy (non-hydrogen) atoms. The molecular formula is C36H34Cl4N6O6. The molecule has 4 fully saturated rings. The summed E-state index contributed by atoms with van der Waals surface area (Å²) in [5, 5.41) is 27.1. The van der Waals surface area contributed by atoms with Crippen LogP contribution in [0, 0.1) is 25.7 Å². The first kappa shape index (κ1) is 36.9. The molecule has 4 aliphatic heterocycles. The third kappa shape index (κ3) is 7.36. The van der Waals surface area contributed by atoms with E-state index in [4.69, 9.17) is 55.9 Å². The van der Waals surface area contributed by atoms with Crippen LogP contribution in [0.4, 0.5) is 11.4 Å². The number of hydrogen-bond acceptors (Lipinski definition) is 10. The molecule has 4 aromatic heterocycles. The third-order valence-corrected chi connectivity index (χ3v) is 11.4. The number of carbonyl (C=O) groups excluding carboxylic acids is 2. The van der Waals surface area contributed by atoms with E-state index in [2.05, 4.69) is 30.6 Å². The highest BCUT2D eigenvalue weighted by Crippen LogP contribution is 2.50. The lowest BCUT2D eigenvalue weighted by Crippen LogP contribution is -2.41. The van der Waals surface area contributed by atoms with Gasteiger partial charge in [-0.2, -0.15) is 0 Å². The summed E-state index contributed by atoms with van der Waals surface area (Å²) in [6, 6.07) is 10.7. The molecule has 4 aromatic rings. The Labute approximate surface area is 319 Å². The van der Waals surface area contributed by atoms with Crippen LogP contribution in [-0.4, -0.2) is 78.6 Å². The van der Waals surface area contributed by atoms with Crippen LogP contribution in [0.25, 0.3) is 0 Å². The lowest BCUT2D eigenvalue weighted by molar-refractivity contribution is -0.122. The van der Waals surface area contributed by atoms with E-state index >= 15 is 0 Å². The van der Waals surface area contributed by atoms with E-state index in [1.807, 2.05) is 38.1 Å². The minimum atomic E-state index is -0.575. The van der Waals surface area contributed by atoms with Gasteiger partial charge in [0.15, 0.2) is 0 Å². The average molecular weight is 789 g/mol. The number of rotatable bonds is 6. The Morgan fingerprint density at radius 3 is 1.44 bits per heavy atom. The highest BCUT2D eigenvalue weighted by Gasteiger charge is 2.58. The van der Waals surface area contributed by atoms with Gasteiger partial charge < -0.3 is 30.3 Å². The minimum absolute atomic E-state index is 0.182. The van der Waals surface area contributed by atoms with Crippen molar-refractivity contribution < 1.29 is 29.3 Å². The topological polar surface area (TPSA) is 169 Å². The molecule has 0 unspecified atom stereocenters. The van der Waals surface area contributed by atoms with E-state index in [0.717, 1.165) is 22.5 Å². The van der Waals surface area contributed by atoms with Gasteiger partial charge in [0.1, 0.15) is 10.3 Å². The van der Waals surface area contributed by atoms with Crippen molar-refractivity contribution >= 4 is 69.6 Å². The first-order chi connectivity index (χ1) is 24.9. The van der Waals surface area contributed by atoms with Crippen LogP contribution in [0.3, 0.4) is 0 Å². The number of hydrogen-bond donors (Lipinski definition) is 4. The van der Waals surface area contributed by atoms with Crippen molar-refractivity contribution in [1.82, 2.24) is 19.9 Å². The van der Waals surface area contributed by atoms with Gasteiger partial charge >= 0.3 is 0 Å². The molecule has 4 N–H and O–H groups in total. The summed E-state index contributed by atoms with van der Waals surface area (Å²) in [4.78, 5) is 42.3. The van der Waals surface area contributed by atoms with Gasteiger partial charge in [-0.3, -0.25) is 19.6 Å². The smallest absolute Gasteiger partial charge is 0.230 e. The standard InChI is InChI=1S/2C18H17Cl2N3O3/c2*1-8-4-9(2-3-21-8)14-15(13-6-12(24)16(14)26-13)18(25)23-10-5-11(19)17(20)22-7-10/h2*2-5,7,12-16,24H,6H2,1H3,(H,23,25)/t2*12-,13+,14+,15+,16-/m10/s1. The molecule has 4 saturated heterocycles. The van der Waals surface area contributed by atoms with Crippen LogP contribution in [0.15, 0.2) is 61.2 Å². The van der Waals surface area contributed by atoms with Crippen LogP contribution in [0.2, 0.25) is 20.4 Å². The lowest BCUT2D eigenvalue weighted by atomic mass is 9.74. The molecule has 8 rings (SSSR count). The summed E-state index contributed by atoms with van der Waals surface area (Å²) in [7, 11) is 0. The van der Waals surface area contributed by atoms with Crippen molar-refractivity contribution in [3.05, 3.63) is 104 Å². The van der Waals surface area contributed by atoms with Crippen LogP contribution < -0.4 is 10.6 Å². The Balaban J connectivity index is 0.000000162. The molecule has 12 nitrogen and oxygen atoms in total. The largest absolute Gasteiger partial charge is 0.390 e. The highest BCUT2D eigenvalue weighted by molar-refractivity contribution is 6.41. The van der Waals surface area contributed by atoms with Crippen LogP contribution in [0.5, 0.6) is 0 Å². The SMILES string of the molecule is Cc1cc([C@@H]2[C@@H]3O[C@@H](C[C@H]3O)[C@@H]2C(=O)Nc2cnc(Cl)c(Cl)c2)ccn1.Cc1cc([C@H]2[C@H]3O[C@H](C[C@@H]3O)[C@H]2C(=O)Nc2cnc(Cl)c(Cl)c2)ccn1. The van der Waals surface area contributed by atoms with Crippen molar-refractivity contribution in [2.45, 2.75) is 75.1 Å². The molecule has 4 bridgehead atoms. The molecule has 0 spiro atoms. The summed E-state index contributed by atoms with van der Waals surface area (Å²) < 4.78 is 11.8. The van der Waals surface area contributed by atoms with Gasteiger partial charge in [-0.25, -0.2) is 9.97 Å². The Bertz CT molecular complexity index is 1870. The number of carbonyl (C=O) groups is 2. The summed E-state index contributed by atoms with van der Waals surface area (Å²) in [6.07, 6.45) is 4.63. The summed E-state index contributed by atoms with van der Waals surface area (Å²) in [6.45, 7) is 3.79. The number of nitrogens with zero attached hydrogens (tertiary/aromatic N) is 4. The van der Waals surface area contributed by atoms with Crippen molar-refractivity contribution in [3.8, 4) is 0 Å². The Kier molecular flexibility index (Phi) is 10.7. The van der Waals surface area contributed by atoms with Crippen molar-refractivity contribution in [3.63, 3.8) is 0 Å². The van der Waals surface area contributed by atoms with Gasteiger partial charge in [0.05, 0.1) is 82.3 Å². The molecule has 4 aliphatic rings. The minimum Gasteiger partial charge on any atom is -0.390 e. The number of amides is 2. The second-order valence-electron chi connectivity index (χ2n) is 13.4. The summed E-state index contributed by atoms with van der Waals surface area (Å²) in [5.74, 6) is -1.69. The van der Waals surface area contributed by atoms with E-state index in [1.165, 1.54) is 12.4 Å². The van der Waals surface area contributed by atoms with Crippen molar-refractivity contribution in [2.24, 2.45) is 11.8 Å². The maximum absolute atomic E-state index is 13.0. The first-order valence-electron chi connectivity index (χ1n) is 16.6. The predicted octanol–water partition coefficient (Wildman–Crippen LogP) is 5.92. The predicted molar refractivity (Wildman–Crippen MR) is 195 cm³/mol. The molecule has 2 amide bonds. The molecule has 0 aliphatic carbocycles. The maximum atomic E-state index is 13.0. The highest BCUT2D eigenvalue weighted by atomic mass is 35.5. The zero-order valence-electron chi connectivity index (χ0n) is 27.8. The Morgan fingerprint density at radius 2 is 1.08 bits per heavy atom. The number of nitrogens with one attached hydrogen (secondary N) is 2. The fourth-order valence-electron chi connectivity index (χ4n) is 7.86. The summed E-state index contributed by atoms with van der Waals surface area (Å²) >= 11 is 23.6. The number of pyridine rings is 4. The Morgan fingerprint density at radius 1 is 0.673 bits per heavy atom. The van der Waals surface area contributed by atoms with Gasteiger partial charge in [0, 0.05) is 48.5 Å². The monoisotopic (exact) mass is 786 g/mol. The maximum Gasteiger partial charge on any atom is 0.230 e. The van der Waals surface area contributed by atoms with Crippen molar-refractivity contribution in [2.75, 3.05) is 10.6 Å². The zero-order valence-corrected chi connectivity index (χ0v) is 30.8. The quantitative estimate of drug-likeness (QED) is 0.172. The lowest BCUT2D eigenvalue weighted by Gasteiger charge is -2.30. The number of aromatic nitrogens is 4. The molecule has 272 valence electrons. The molecule has 16 heteroatoms. The number of fused-ring (bicyclic) bond motifs is 4. The second kappa shape index (κ2) is 15.1. The number of anilines is 2. The zero-order chi connectivity index (χ0) is 36.8. The van der Waals surface area contributed by atoms with E-state index < -0.39 is 36.3 Å². The number of aliphatic hydroxyl groups excluding tert-OH is 2. The fourth-order valence-corrected chi connectivity index (χ4v) is 8.40. The van der Waals surface area contributed by atoms with Crippen molar-refractivity contribution in [1.29, 1.82) is 0 Å². The van der Waals surface area contributed by atoms with Crippen LogP contribution >= 0.6 is 46.4 Å². The van der Waals surface area contributed by atoms with E-state index in [1.54, 1.807) is 24.5 Å².